The molecule has 0 unspecified atom stereocenters. The average Bonchev–Trinajstić information content (AvgIpc) is 3.23. The number of hydrogen-bond donors (Lipinski definition) is 1. The molecule has 2 aromatic carbocycles. The highest BCUT2D eigenvalue weighted by Crippen LogP contribution is 2.29. The van der Waals surface area contributed by atoms with E-state index in [9.17, 15) is 10.1 Å². The number of carbonyl (C=O) groups excluding carboxylic acids is 1. The summed E-state index contributed by atoms with van der Waals surface area (Å²) in [5, 5.41) is 18.2. The zero-order valence-electron chi connectivity index (χ0n) is 19.1. The van der Waals surface area contributed by atoms with Gasteiger partial charge in [-0.1, -0.05) is 23.7 Å². The standard InChI is InChI=1S/C25H22ClN5O3/c1-14-10-21(29-24-19(14)6-5-7-20(24)33-4)31-25(17(11-27)12-28-31)30-22(32)13-34-18-8-15(2)23(26)16(3)9-18/h5-10,12H,13H2,1-4H3,(H,30,32). The number of carbonyl (C=O) groups is 1. The van der Waals surface area contributed by atoms with Gasteiger partial charge in [-0.05, 0) is 61.7 Å². The van der Waals surface area contributed by atoms with Gasteiger partial charge in [0.15, 0.2) is 18.2 Å². The number of ether oxygens (including phenoxy) is 2. The maximum Gasteiger partial charge on any atom is 0.263 e. The van der Waals surface area contributed by atoms with Crippen molar-refractivity contribution in [1.29, 1.82) is 5.26 Å². The number of para-hydroxylation sites is 1. The molecule has 4 aromatic rings. The second-order valence-electron chi connectivity index (χ2n) is 7.79. The van der Waals surface area contributed by atoms with Crippen molar-refractivity contribution >= 4 is 34.2 Å². The predicted octanol–water partition coefficient (Wildman–Crippen LogP) is 4.90. The second kappa shape index (κ2) is 9.41. The van der Waals surface area contributed by atoms with Crippen molar-refractivity contribution in [2.75, 3.05) is 19.0 Å². The average molecular weight is 476 g/mol. The lowest BCUT2D eigenvalue weighted by atomic mass is 10.1. The minimum absolute atomic E-state index is 0.200. The molecule has 0 spiro atoms. The summed E-state index contributed by atoms with van der Waals surface area (Å²) in [4.78, 5) is 17.4. The first-order valence-corrected chi connectivity index (χ1v) is 10.8. The number of anilines is 1. The number of hydrogen-bond acceptors (Lipinski definition) is 6. The summed E-state index contributed by atoms with van der Waals surface area (Å²) in [6.07, 6.45) is 1.38. The van der Waals surface area contributed by atoms with E-state index >= 15 is 0 Å². The van der Waals surface area contributed by atoms with Crippen molar-refractivity contribution in [2.45, 2.75) is 20.8 Å². The van der Waals surface area contributed by atoms with E-state index in [0.717, 1.165) is 22.1 Å². The Hall–Kier alpha value is -4.09. The third kappa shape index (κ3) is 4.38. The van der Waals surface area contributed by atoms with Gasteiger partial charge in [0.2, 0.25) is 0 Å². The number of halogens is 1. The van der Waals surface area contributed by atoms with Gasteiger partial charge in [0.1, 0.15) is 28.6 Å². The number of aromatic nitrogens is 3. The van der Waals surface area contributed by atoms with Gasteiger partial charge in [0.25, 0.3) is 5.91 Å². The van der Waals surface area contributed by atoms with Gasteiger partial charge in [-0.2, -0.15) is 15.0 Å². The first-order chi connectivity index (χ1) is 16.3. The van der Waals surface area contributed by atoms with Crippen LogP contribution in [0.25, 0.3) is 16.7 Å². The fraction of sp³-hybridized carbons (Fsp3) is 0.200. The number of aryl methyl sites for hydroxylation is 3. The molecule has 0 saturated carbocycles. The van der Waals surface area contributed by atoms with Crippen molar-refractivity contribution in [1.82, 2.24) is 14.8 Å². The van der Waals surface area contributed by atoms with E-state index in [1.807, 2.05) is 45.0 Å². The fourth-order valence-corrected chi connectivity index (χ4v) is 3.79. The number of amides is 1. The molecule has 0 saturated heterocycles. The van der Waals surface area contributed by atoms with E-state index in [4.69, 9.17) is 21.1 Å². The third-order valence-electron chi connectivity index (χ3n) is 5.36. The summed E-state index contributed by atoms with van der Waals surface area (Å²) in [5.41, 5.74) is 3.52. The summed E-state index contributed by atoms with van der Waals surface area (Å²) in [7, 11) is 1.58. The predicted molar refractivity (Wildman–Crippen MR) is 130 cm³/mol. The molecule has 2 aromatic heterocycles. The van der Waals surface area contributed by atoms with E-state index in [-0.39, 0.29) is 18.0 Å². The normalized spacial score (nSPS) is 10.7. The number of nitriles is 1. The van der Waals surface area contributed by atoms with E-state index in [0.29, 0.717) is 27.9 Å². The fourth-order valence-electron chi connectivity index (χ4n) is 3.68. The zero-order valence-corrected chi connectivity index (χ0v) is 19.9. The summed E-state index contributed by atoms with van der Waals surface area (Å²) in [6, 6.07) is 13.1. The number of fused-ring (bicyclic) bond motifs is 1. The molecule has 0 aliphatic carbocycles. The Bertz CT molecular complexity index is 1430. The molecule has 0 aliphatic heterocycles. The Balaban J connectivity index is 1.63. The maximum atomic E-state index is 12.7. The van der Waals surface area contributed by atoms with Crippen LogP contribution in [0.15, 0.2) is 42.6 Å². The monoisotopic (exact) mass is 475 g/mol. The summed E-state index contributed by atoms with van der Waals surface area (Å²) >= 11 is 6.19. The molecule has 1 amide bonds. The SMILES string of the molecule is COc1cccc2c(C)cc(-n3ncc(C#N)c3NC(=O)COc3cc(C)c(Cl)c(C)c3)nc12. The number of benzene rings is 2. The van der Waals surface area contributed by atoms with E-state index < -0.39 is 5.91 Å². The first-order valence-electron chi connectivity index (χ1n) is 10.4. The maximum absolute atomic E-state index is 12.7. The molecule has 172 valence electrons. The second-order valence-corrected chi connectivity index (χ2v) is 8.17. The number of nitrogens with zero attached hydrogens (tertiary/aromatic N) is 4. The smallest absolute Gasteiger partial charge is 0.263 e. The minimum Gasteiger partial charge on any atom is -0.494 e. The van der Waals surface area contributed by atoms with Gasteiger partial charge < -0.3 is 14.8 Å². The highest BCUT2D eigenvalue weighted by atomic mass is 35.5. The molecule has 0 aliphatic rings. The first kappa shape index (κ1) is 23.1. The molecule has 0 bridgehead atoms. The van der Waals surface area contributed by atoms with Crippen LogP contribution >= 0.6 is 11.6 Å². The van der Waals surface area contributed by atoms with Gasteiger partial charge in [0.05, 0.1) is 13.3 Å². The van der Waals surface area contributed by atoms with Crippen molar-refractivity contribution in [3.8, 4) is 23.4 Å². The van der Waals surface area contributed by atoms with Crippen LogP contribution < -0.4 is 14.8 Å². The summed E-state index contributed by atoms with van der Waals surface area (Å²) in [6.45, 7) is 5.43. The third-order valence-corrected chi connectivity index (χ3v) is 5.96. The van der Waals surface area contributed by atoms with Crippen molar-refractivity contribution in [3.63, 3.8) is 0 Å². The number of methoxy groups -OCH3 is 1. The molecular weight excluding hydrogens is 454 g/mol. The van der Waals surface area contributed by atoms with Gasteiger partial charge in [-0.25, -0.2) is 4.98 Å². The van der Waals surface area contributed by atoms with Crippen LogP contribution in [0, 0.1) is 32.1 Å². The highest BCUT2D eigenvalue weighted by Gasteiger charge is 2.18. The van der Waals surface area contributed by atoms with Crippen molar-refractivity contribution < 1.29 is 14.3 Å². The molecule has 8 nitrogen and oxygen atoms in total. The zero-order chi connectivity index (χ0) is 24.4. The van der Waals surface area contributed by atoms with E-state index in [1.54, 1.807) is 19.2 Å². The highest BCUT2D eigenvalue weighted by molar-refractivity contribution is 6.32. The molecule has 34 heavy (non-hydrogen) atoms. The lowest BCUT2D eigenvalue weighted by Crippen LogP contribution is -2.22. The van der Waals surface area contributed by atoms with Gasteiger partial charge in [-0.15, -0.1) is 0 Å². The lowest BCUT2D eigenvalue weighted by molar-refractivity contribution is -0.118. The van der Waals surface area contributed by atoms with Crippen molar-refractivity contribution in [3.05, 3.63) is 69.9 Å². The number of nitrogens with one attached hydrogen (secondary N) is 1. The van der Waals surface area contributed by atoms with Crippen LogP contribution in [0.3, 0.4) is 0 Å². The Labute approximate surface area is 201 Å². The summed E-state index contributed by atoms with van der Waals surface area (Å²) < 4.78 is 12.5. The number of rotatable bonds is 6. The van der Waals surface area contributed by atoms with Crippen LogP contribution in [0.4, 0.5) is 5.82 Å². The largest absolute Gasteiger partial charge is 0.494 e. The molecule has 4 rings (SSSR count). The Morgan fingerprint density at radius 2 is 1.91 bits per heavy atom. The topological polar surface area (TPSA) is 102 Å². The molecule has 1 N–H and O–H groups in total. The van der Waals surface area contributed by atoms with Crippen LogP contribution in [-0.4, -0.2) is 34.4 Å². The molecule has 0 atom stereocenters. The Morgan fingerprint density at radius 1 is 1.18 bits per heavy atom. The van der Waals surface area contributed by atoms with Gasteiger partial charge in [-0.3, -0.25) is 4.79 Å². The van der Waals surface area contributed by atoms with Crippen molar-refractivity contribution in [2.24, 2.45) is 0 Å². The molecule has 0 fully saturated rings. The molecule has 2 heterocycles. The molecule has 0 radical (unpaired) electrons. The van der Waals surface area contributed by atoms with Crippen LogP contribution in [0.2, 0.25) is 5.02 Å². The Morgan fingerprint density at radius 3 is 2.59 bits per heavy atom. The lowest BCUT2D eigenvalue weighted by Gasteiger charge is -2.13. The van der Waals surface area contributed by atoms with Gasteiger partial charge in [0, 0.05) is 10.4 Å². The Kier molecular flexibility index (Phi) is 6.39. The molecular formula is C25H22ClN5O3. The van der Waals surface area contributed by atoms with Crippen LogP contribution in [-0.2, 0) is 4.79 Å². The minimum atomic E-state index is -0.446. The number of pyridine rings is 1. The van der Waals surface area contributed by atoms with E-state index in [1.165, 1.54) is 10.9 Å². The van der Waals surface area contributed by atoms with Crippen LogP contribution in [0.5, 0.6) is 11.5 Å². The quantitative estimate of drug-likeness (QED) is 0.425. The molecule has 9 heteroatoms. The van der Waals surface area contributed by atoms with E-state index in [2.05, 4.69) is 21.5 Å². The van der Waals surface area contributed by atoms with Gasteiger partial charge >= 0.3 is 0 Å². The summed E-state index contributed by atoms with van der Waals surface area (Å²) in [5.74, 6) is 1.35. The van der Waals surface area contributed by atoms with Crippen LogP contribution in [0.1, 0.15) is 22.3 Å².